The van der Waals surface area contributed by atoms with Crippen LogP contribution in [0.5, 0.6) is 0 Å². The van der Waals surface area contributed by atoms with E-state index in [-0.39, 0.29) is 11.6 Å². The minimum Gasteiger partial charge on any atom is -0.468 e. The summed E-state index contributed by atoms with van der Waals surface area (Å²) in [6.45, 7) is 2.20. The van der Waals surface area contributed by atoms with Gasteiger partial charge in [0, 0.05) is 12.1 Å². The molecule has 3 rings (SSSR count). The van der Waals surface area contributed by atoms with E-state index < -0.39 is 17.6 Å². The van der Waals surface area contributed by atoms with Crippen molar-refractivity contribution in [2.45, 2.75) is 31.5 Å². The number of carbonyl (C=O) groups excluding carboxylic acids is 1. The summed E-state index contributed by atoms with van der Waals surface area (Å²) in [7, 11) is 0. The number of piperidine rings is 1. The van der Waals surface area contributed by atoms with Gasteiger partial charge in [-0.15, -0.1) is 0 Å². The largest absolute Gasteiger partial charge is 0.468 e. The first kappa shape index (κ1) is 18.5. The number of nitrogens with one attached hydrogen (secondary N) is 1. The Morgan fingerprint density at radius 1 is 1.12 bits per heavy atom. The topological polar surface area (TPSA) is 45.5 Å². The van der Waals surface area contributed by atoms with E-state index in [1.54, 1.807) is 6.26 Å². The van der Waals surface area contributed by atoms with Gasteiger partial charge in [-0.2, -0.15) is 13.2 Å². The van der Waals surface area contributed by atoms with Crippen LogP contribution in [0.1, 0.15) is 47.0 Å². The van der Waals surface area contributed by atoms with E-state index >= 15 is 0 Å². The SMILES string of the molecule is O=C(NCC(c1ccco1)N1CCCCC1)c1ccc(C(F)(F)F)cc1. The standard InChI is InChI=1S/C19H21F3N2O2/c20-19(21,22)15-8-6-14(7-9-15)18(25)23-13-16(17-5-4-12-26-17)24-10-2-1-3-11-24/h4-9,12,16H,1-3,10-11,13H2,(H,23,25). The van der Waals surface area contributed by atoms with Crippen LogP contribution in [0.15, 0.2) is 47.1 Å². The molecule has 1 aliphatic rings. The van der Waals surface area contributed by atoms with Gasteiger partial charge in [0.2, 0.25) is 0 Å². The predicted molar refractivity (Wildman–Crippen MR) is 90.7 cm³/mol. The van der Waals surface area contributed by atoms with Crippen molar-refractivity contribution in [1.29, 1.82) is 0 Å². The van der Waals surface area contributed by atoms with E-state index in [2.05, 4.69) is 10.2 Å². The Morgan fingerprint density at radius 3 is 2.38 bits per heavy atom. The van der Waals surface area contributed by atoms with Crippen LogP contribution in [0.2, 0.25) is 0 Å². The molecule has 2 aromatic rings. The maximum absolute atomic E-state index is 12.6. The number of halogens is 3. The third-order valence-corrected chi connectivity index (χ3v) is 4.63. The molecule has 0 aliphatic carbocycles. The molecular formula is C19H21F3N2O2. The number of hydrogen-bond acceptors (Lipinski definition) is 3. The summed E-state index contributed by atoms with van der Waals surface area (Å²) in [5, 5.41) is 2.82. The van der Waals surface area contributed by atoms with E-state index in [1.165, 1.54) is 18.6 Å². The second kappa shape index (κ2) is 7.95. The maximum Gasteiger partial charge on any atom is 0.416 e. The van der Waals surface area contributed by atoms with Crippen molar-refractivity contribution in [3.63, 3.8) is 0 Å². The second-order valence-corrected chi connectivity index (χ2v) is 6.41. The fourth-order valence-corrected chi connectivity index (χ4v) is 3.22. The molecule has 0 bridgehead atoms. The lowest BCUT2D eigenvalue weighted by Gasteiger charge is -2.33. The number of hydrogen-bond donors (Lipinski definition) is 1. The molecule has 1 aromatic carbocycles. The molecule has 0 saturated carbocycles. The fraction of sp³-hybridized carbons (Fsp3) is 0.421. The van der Waals surface area contributed by atoms with Crippen LogP contribution in [0, 0.1) is 0 Å². The molecular weight excluding hydrogens is 345 g/mol. The van der Waals surface area contributed by atoms with Crippen LogP contribution in [0.3, 0.4) is 0 Å². The van der Waals surface area contributed by atoms with Crippen LogP contribution >= 0.6 is 0 Å². The molecule has 4 nitrogen and oxygen atoms in total. The minimum absolute atomic E-state index is 0.0799. The number of benzene rings is 1. The summed E-state index contributed by atoms with van der Waals surface area (Å²) < 4.78 is 43.4. The van der Waals surface area contributed by atoms with Crippen molar-refractivity contribution >= 4 is 5.91 Å². The molecule has 1 saturated heterocycles. The highest BCUT2D eigenvalue weighted by Crippen LogP contribution is 2.29. The lowest BCUT2D eigenvalue weighted by molar-refractivity contribution is -0.137. The number of rotatable bonds is 5. The van der Waals surface area contributed by atoms with Crippen molar-refractivity contribution in [3.8, 4) is 0 Å². The Morgan fingerprint density at radius 2 is 1.81 bits per heavy atom. The zero-order valence-corrected chi connectivity index (χ0v) is 14.3. The average molecular weight is 366 g/mol. The first-order valence-corrected chi connectivity index (χ1v) is 8.68. The van der Waals surface area contributed by atoms with Crippen molar-refractivity contribution < 1.29 is 22.4 Å². The van der Waals surface area contributed by atoms with E-state index in [4.69, 9.17) is 4.42 Å². The first-order valence-electron chi connectivity index (χ1n) is 8.68. The molecule has 0 radical (unpaired) electrons. The molecule has 1 N–H and O–H groups in total. The van der Waals surface area contributed by atoms with Gasteiger partial charge in [-0.05, 0) is 62.3 Å². The van der Waals surface area contributed by atoms with Gasteiger partial charge in [-0.3, -0.25) is 9.69 Å². The van der Waals surface area contributed by atoms with Crippen LogP contribution < -0.4 is 5.32 Å². The van der Waals surface area contributed by atoms with E-state index in [9.17, 15) is 18.0 Å². The van der Waals surface area contributed by atoms with Gasteiger partial charge in [0.1, 0.15) is 5.76 Å². The number of alkyl halides is 3. The minimum atomic E-state index is -4.41. The smallest absolute Gasteiger partial charge is 0.416 e. The Labute approximate surface area is 150 Å². The molecule has 0 spiro atoms. The van der Waals surface area contributed by atoms with E-state index in [0.29, 0.717) is 6.54 Å². The van der Waals surface area contributed by atoms with E-state index in [0.717, 1.165) is 43.8 Å². The van der Waals surface area contributed by atoms with Crippen molar-refractivity contribution in [1.82, 2.24) is 10.2 Å². The van der Waals surface area contributed by atoms with Crippen molar-refractivity contribution in [2.75, 3.05) is 19.6 Å². The van der Waals surface area contributed by atoms with E-state index in [1.807, 2.05) is 12.1 Å². The quantitative estimate of drug-likeness (QED) is 0.860. The average Bonchev–Trinajstić information content (AvgIpc) is 3.16. The molecule has 1 aromatic heterocycles. The zero-order chi connectivity index (χ0) is 18.6. The number of likely N-dealkylation sites (tertiary alicyclic amines) is 1. The van der Waals surface area contributed by atoms with Gasteiger partial charge in [0.05, 0.1) is 17.9 Å². The van der Waals surface area contributed by atoms with Gasteiger partial charge in [-0.25, -0.2) is 0 Å². The fourth-order valence-electron chi connectivity index (χ4n) is 3.22. The molecule has 1 aliphatic heterocycles. The lowest BCUT2D eigenvalue weighted by Crippen LogP contribution is -2.40. The van der Waals surface area contributed by atoms with Crippen LogP contribution in [0.25, 0.3) is 0 Å². The van der Waals surface area contributed by atoms with Crippen LogP contribution in [-0.4, -0.2) is 30.4 Å². The second-order valence-electron chi connectivity index (χ2n) is 6.41. The molecule has 140 valence electrons. The Hall–Kier alpha value is -2.28. The molecule has 26 heavy (non-hydrogen) atoms. The molecule has 7 heteroatoms. The highest BCUT2D eigenvalue weighted by Gasteiger charge is 2.30. The first-order chi connectivity index (χ1) is 12.4. The Kier molecular flexibility index (Phi) is 5.66. The highest BCUT2D eigenvalue weighted by molar-refractivity contribution is 5.94. The maximum atomic E-state index is 12.6. The number of carbonyl (C=O) groups is 1. The molecule has 1 fully saturated rings. The lowest BCUT2D eigenvalue weighted by atomic mass is 10.1. The number of amides is 1. The van der Waals surface area contributed by atoms with Gasteiger partial charge < -0.3 is 9.73 Å². The Balaban J connectivity index is 1.65. The van der Waals surface area contributed by atoms with Gasteiger partial charge >= 0.3 is 6.18 Å². The summed E-state index contributed by atoms with van der Waals surface area (Å²) in [4.78, 5) is 14.6. The summed E-state index contributed by atoms with van der Waals surface area (Å²) in [6.07, 6.45) is 0.588. The summed E-state index contributed by atoms with van der Waals surface area (Å²) in [6, 6.07) is 7.84. The third-order valence-electron chi connectivity index (χ3n) is 4.63. The third kappa shape index (κ3) is 4.46. The summed E-state index contributed by atoms with van der Waals surface area (Å²) in [5.74, 6) is 0.381. The summed E-state index contributed by atoms with van der Waals surface area (Å²) in [5.41, 5.74) is -0.564. The molecule has 1 unspecified atom stereocenters. The molecule has 2 heterocycles. The molecule has 1 amide bonds. The van der Waals surface area contributed by atoms with Crippen molar-refractivity contribution in [2.24, 2.45) is 0 Å². The highest BCUT2D eigenvalue weighted by atomic mass is 19.4. The normalized spacial score (nSPS) is 17.0. The van der Waals surface area contributed by atoms with Gasteiger partial charge in [-0.1, -0.05) is 6.42 Å². The number of furan rings is 1. The van der Waals surface area contributed by atoms with Crippen molar-refractivity contribution in [3.05, 3.63) is 59.5 Å². The Bertz CT molecular complexity index is 705. The summed E-state index contributed by atoms with van der Waals surface area (Å²) >= 11 is 0. The van der Waals surface area contributed by atoms with Crippen LogP contribution in [0.4, 0.5) is 13.2 Å². The molecule has 1 atom stereocenters. The monoisotopic (exact) mass is 366 g/mol. The zero-order valence-electron chi connectivity index (χ0n) is 14.3. The van der Waals surface area contributed by atoms with Gasteiger partial charge in [0.15, 0.2) is 0 Å². The van der Waals surface area contributed by atoms with Gasteiger partial charge in [0.25, 0.3) is 5.91 Å². The van der Waals surface area contributed by atoms with Crippen LogP contribution in [-0.2, 0) is 6.18 Å². The predicted octanol–water partition coefficient (Wildman–Crippen LogP) is 4.26. The number of nitrogens with zero attached hydrogens (tertiary/aromatic N) is 1.